The van der Waals surface area contributed by atoms with E-state index in [2.05, 4.69) is 5.32 Å². The fourth-order valence-corrected chi connectivity index (χ4v) is 2.28. The highest BCUT2D eigenvalue weighted by molar-refractivity contribution is 5.88. The third kappa shape index (κ3) is 1.97. The van der Waals surface area contributed by atoms with Crippen LogP contribution in [0.3, 0.4) is 0 Å². The number of aliphatic carboxylic acids is 2. The molecule has 5 heteroatoms. The van der Waals surface area contributed by atoms with Gasteiger partial charge in [-0.3, -0.25) is 14.9 Å². The molecule has 3 N–H and O–H groups in total. The Hall–Kier alpha value is -1.10. The summed E-state index contributed by atoms with van der Waals surface area (Å²) in [6.07, 6.45) is 0.591. The zero-order chi connectivity index (χ0) is 11.9. The maximum absolute atomic E-state index is 11.1. The minimum atomic E-state index is -1.09. The summed E-state index contributed by atoms with van der Waals surface area (Å²) in [4.78, 5) is 21.9. The molecule has 0 aromatic carbocycles. The standard InChI is InChI=1S/C10H17NO4/c1-6(2)4-10(8(14)15)5-9(3,11-10)7(12)13/h6,11H,4-5H2,1-3H3,(H,12,13)(H,14,15)/t9-,10+/m1/s1. The average molecular weight is 215 g/mol. The van der Waals surface area contributed by atoms with Crippen molar-refractivity contribution in [1.82, 2.24) is 5.32 Å². The largest absolute Gasteiger partial charge is 0.480 e. The second-order valence-corrected chi connectivity index (χ2v) is 4.92. The average Bonchev–Trinajstić information content (AvgIpc) is 1.98. The van der Waals surface area contributed by atoms with Crippen LogP contribution in [0.5, 0.6) is 0 Å². The van der Waals surface area contributed by atoms with E-state index in [-0.39, 0.29) is 12.3 Å². The highest BCUT2D eigenvalue weighted by Gasteiger charge is 2.60. The minimum absolute atomic E-state index is 0.142. The van der Waals surface area contributed by atoms with Crippen LogP contribution in [0, 0.1) is 5.92 Å². The lowest BCUT2D eigenvalue weighted by Gasteiger charge is -2.51. The van der Waals surface area contributed by atoms with Crippen LogP contribution < -0.4 is 5.32 Å². The quantitative estimate of drug-likeness (QED) is 0.642. The van der Waals surface area contributed by atoms with Gasteiger partial charge in [0, 0.05) is 6.42 Å². The van der Waals surface area contributed by atoms with E-state index in [1.807, 2.05) is 13.8 Å². The van der Waals surface area contributed by atoms with Crippen molar-refractivity contribution < 1.29 is 19.8 Å². The van der Waals surface area contributed by atoms with Gasteiger partial charge < -0.3 is 10.2 Å². The van der Waals surface area contributed by atoms with Gasteiger partial charge in [-0.25, -0.2) is 0 Å². The smallest absolute Gasteiger partial charge is 0.324 e. The van der Waals surface area contributed by atoms with Crippen LogP contribution >= 0.6 is 0 Å². The highest BCUT2D eigenvalue weighted by atomic mass is 16.4. The second kappa shape index (κ2) is 3.48. The van der Waals surface area contributed by atoms with Crippen LogP contribution in [-0.4, -0.2) is 33.2 Å². The second-order valence-electron chi connectivity index (χ2n) is 4.92. The lowest BCUT2D eigenvalue weighted by molar-refractivity contribution is -0.165. The van der Waals surface area contributed by atoms with E-state index in [0.717, 1.165) is 0 Å². The summed E-state index contributed by atoms with van der Waals surface area (Å²) in [5.41, 5.74) is -2.14. The van der Waals surface area contributed by atoms with Crippen LogP contribution in [0.1, 0.15) is 33.6 Å². The molecule has 0 aromatic rings. The van der Waals surface area contributed by atoms with Crippen molar-refractivity contribution in [3.63, 3.8) is 0 Å². The Balaban J connectivity index is 2.77. The molecule has 0 bridgehead atoms. The summed E-state index contributed by atoms with van der Waals surface area (Å²) < 4.78 is 0. The number of hydrogen-bond acceptors (Lipinski definition) is 3. The highest BCUT2D eigenvalue weighted by Crippen LogP contribution is 2.38. The lowest BCUT2D eigenvalue weighted by atomic mass is 9.69. The Morgan fingerprint density at radius 3 is 2.07 bits per heavy atom. The molecule has 0 radical (unpaired) electrons. The van der Waals surface area contributed by atoms with Crippen molar-refractivity contribution in [2.75, 3.05) is 0 Å². The summed E-state index contributed by atoms with van der Waals surface area (Å²) in [6.45, 7) is 5.35. The Kier molecular flexibility index (Phi) is 2.78. The predicted molar refractivity (Wildman–Crippen MR) is 53.6 cm³/mol. The molecular weight excluding hydrogens is 198 g/mol. The third-order valence-corrected chi connectivity index (χ3v) is 2.81. The molecule has 1 saturated heterocycles. The fourth-order valence-electron chi connectivity index (χ4n) is 2.28. The first-order valence-electron chi connectivity index (χ1n) is 4.98. The van der Waals surface area contributed by atoms with Gasteiger partial charge in [-0.15, -0.1) is 0 Å². The fraction of sp³-hybridized carbons (Fsp3) is 0.800. The maximum Gasteiger partial charge on any atom is 0.324 e. The predicted octanol–water partition coefficient (Wildman–Crippen LogP) is 0.692. The molecule has 1 aliphatic heterocycles. The van der Waals surface area contributed by atoms with E-state index in [9.17, 15) is 9.59 Å². The van der Waals surface area contributed by atoms with E-state index >= 15 is 0 Å². The van der Waals surface area contributed by atoms with Crippen LogP contribution in [0.2, 0.25) is 0 Å². The summed E-state index contributed by atoms with van der Waals surface area (Å²) in [5.74, 6) is -1.75. The molecule has 0 unspecified atom stereocenters. The first kappa shape index (κ1) is 12.0. The van der Waals surface area contributed by atoms with E-state index in [0.29, 0.717) is 6.42 Å². The molecule has 15 heavy (non-hydrogen) atoms. The van der Waals surface area contributed by atoms with Crippen LogP contribution in [0.25, 0.3) is 0 Å². The number of rotatable bonds is 4. The Bertz CT molecular complexity index is 292. The van der Waals surface area contributed by atoms with E-state index in [1.54, 1.807) is 0 Å². The number of hydrogen-bond donors (Lipinski definition) is 3. The maximum atomic E-state index is 11.1. The normalized spacial score (nSPS) is 34.9. The molecule has 1 rings (SSSR count). The Morgan fingerprint density at radius 1 is 1.33 bits per heavy atom. The molecule has 5 nitrogen and oxygen atoms in total. The SMILES string of the molecule is CC(C)C[C@@]1(C(=O)O)C[C@](C)(C(=O)O)N1. The van der Waals surface area contributed by atoms with Gasteiger partial charge in [0.1, 0.15) is 11.1 Å². The van der Waals surface area contributed by atoms with Gasteiger partial charge in [0.25, 0.3) is 0 Å². The number of nitrogens with one attached hydrogen (secondary N) is 1. The van der Waals surface area contributed by atoms with Crippen molar-refractivity contribution in [3.8, 4) is 0 Å². The summed E-state index contributed by atoms with van der Waals surface area (Å²) in [6, 6.07) is 0. The zero-order valence-electron chi connectivity index (χ0n) is 9.20. The first-order valence-corrected chi connectivity index (χ1v) is 4.98. The van der Waals surface area contributed by atoms with Gasteiger partial charge >= 0.3 is 11.9 Å². The van der Waals surface area contributed by atoms with Gasteiger partial charge in [0.2, 0.25) is 0 Å². The number of carboxylic acids is 2. The first-order chi connectivity index (χ1) is 6.72. The lowest BCUT2D eigenvalue weighted by Crippen LogP contribution is -2.77. The third-order valence-electron chi connectivity index (χ3n) is 2.81. The molecule has 1 aliphatic rings. The monoisotopic (exact) mass is 215 g/mol. The van der Waals surface area contributed by atoms with Gasteiger partial charge in [0.15, 0.2) is 0 Å². The molecular formula is C10H17NO4. The summed E-state index contributed by atoms with van der Waals surface area (Å²) in [7, 11) is 0. The van der Waals surface area contributed by atoms with Crippen molar-refractivity contribution in [2.45, 2.75) is 44.7 Å². The van der Waals surface area contributed by atoms with Crippen LogP contribution in [-0.2, 0) is 9.59 Å². The van der Waals surface area contributed by atoms with Crippen molar-refractivity contribution >= 4 is 11.9 Å². The molecule has 1 fully saturated rings. The molecule has 1 heterocycles. The molecule has 0 spiro atoms. The van der Waals surface area contributed by atoms with Crippen molar-refractivity contribution in [3.05, 3.63) is 0 Å². The molecule has 0 aromatic heterocycles. The van der Waals surface area contributed by atoms with E-state index in [1.165, 1.54) is 6.92 Å². The van der Waals surface area contributed by atoms with Gasteiger partial charge in [0.05, 0.1) is 0 Å². The molecule has 86 valence electrons. The van der Waals surface area contributed by atoms with Crippen LogP contribution in [0.4, 0.5) is 0 Å². The summed E-state index contributed by atoms with van der Waals surface area (Å²) >= 11 is 0. The van der Waals surface area contributed by atoms with Gasteiger partial charge in [-0.1, -0.05) is 13.8 Å². The topological polar surface area (TPSA) is 86.6 Å². The van der Waals surface area contributed by atoms with E-state index in [4.69, 9.17) is 10.2 Å². The van der Waals surface area contributed by atoms with Crippen molar-refractivity contribution in [1.29, 1.82) is 0 Å². The Labute approximate surface area is 88.5 Å². The van der Waals surface area contributed by atoms with E-state index < -0.39 is 23.0 Å². The molecule has 0 amide bonds. The summed E-state index contributed by atoms with van der Waals surface area (Å²) in [5, 5.41) is 20.7. The van der Waals surface area contributed by atoms with Crippen LogP contribution in [0.15, 0.2) is 0 Å². The molecule has 0 aliphatic carbocycles. The molecule has 2 atom stereocenters. The number of carboxylic acid groups (broad SMARTS) is 2. The van der Waals surface area contributed by atoms with Gasteiger partial charge in [-0.2, -0.15) is 0 Å². The Morgan fingerprint density at radius 2 is 1.80 bits per heavy atom. The van der Waals surface area contributed by atoms with Gasteiger partial charge in [-0.05, 0) is 19.3 Å². The zero-order valence-corrected chi connectivity index (χ0v) is 9.20. The molecule has 0 saturated carbocycles. The minimum Gasteiger partial charge on any atom is -0.480 e. The van der Waals surface area contributed by atoms with Crippen molar-refractivity contribution in [2.24, 2.45) is 5.92 Å². The number of carbonyl (C=O) groups is 2.